The van der Waals surface area contributed by atoms with Crippen molar-refractivity contribution in [2.24, 2.45) is 5.92 Å². The van der Waals surface area contributed by atoms with Gasteiger partial charge in [0.2, 0.25) is 5.95 Å². The van der Waals surface area contributed by atoms with E-state index in [1.54, 1.807) is 6.08 Å². The third-order valence-electron chi connectivity index (χ3n) is 6.75. The molecule has 0 radical (unpaired) electrons. The van der Waals surface area contributed by atoms with Gasteiger partial charge in [-0.05, 0) is 70.4 Å². The van der Waals surface area contributed by atoms with Gasteiger partial charge >= 0.3 is 5.76 Å². The Labute approximate surface area is 206 Å². The maximum atomic E-state index is 14.5. The van der Waals surface area contributed by atoms with Crippen LogP contribution < -0.4 is 5.76 Å². The first-order valence-corrected chi connectivity index (χ1v) is 11.9. The second-order valence-corrected chi connectivity index (χ2v) is 8.99. The quantitative estimate of drug-likeness (QED) is 0.280. The first-order valence-electron chi connectivity index (χ1n) is 11.9. The first kappa shape index (κ1) is 22.0. The van der Waals surface area contributed by atoms with Crippen LogP contribution in [0.4, 0.5) is 4.39 Å². The van der Waals surface area contributed by atoms with E-state index in [-0.39, 0.29) is 0 Å². The SMILES string of the molecule is O=c1[nH]c(C=Cc2ccc(C(=C(c3ccccc3)C3CCC3)c3ccc4n[nH]c(F)c4c3)cc2)no1. The number of hydrogen-bond acceptors (Lipinski definition) is 4. The molecule has 1 aliphatic carbocycles. The molecule has 6 rings (SSSR count). The molecule has 0 saturated heterocycles. The number of aromatic nitrogens is 4. The van der Waals surface area contributed by atoms with Crippen molar-refractivity contribution in [3.8, 4) is 0 Å². The van der Waals surface area contributed by atoms with Crippen LogP contribution in [0.2, 0.25) is 0 Å². The van der Waals surface area contributed by atoms with Crippen LogP contribution in [0.25, 0.3) is 34.2 Å². The van der Waals surface area contributed by atoms with Crippen molar-refractivity contribution >= 4 is 34.2 Å². The van der Waals surface area contributed by atoms with E-state index < -0.39 is 11.7 Å². The van der Waals surface area contributed by atoms with Gasteiger partial charge in [-0.25, -0.2) is 4.79 Å². The fourth-order valence-electron chi connectivity index (χ4n) is 4.76. The summed E-state index contributed by atoms with van der Waals surface area (Å²) in [7, 11) is 0. The van der Waals surface area contributed by atoms with E-state index in [0.29, 0.717) is 22.6 Å². The molecule has 2 N–H and O–H groups in total. The molecule has 7 heteroatoms. The molecule has 6 nitrogen and oxygen atoms in total. The zero-order chi connectivity index (χ0) is 24.5. The Morgan fingerprint density at radius 1 is 0.944 bits per heavy atom. The lowest BCUT2D eigenvalue weighted by molar-refractivity contribution is 0.385. The number of allylic oxidation sites excluding steroid dienone is 1. The summed E-state index contributed by atoms with van der Waals surface area (Å²) in [6.45, 7) is 0. The van der Waals surface area contributed by atoms with E-state index in [2.05, 4.69) is 61.3 Å². The molecular weight excluding hydrogens is 455 g/mol. The van der Waals surface area contributed by atoms with Crippen LogP contribution in [0.3, 0.4) is 0 Å². The molecule has 0 aliphatic heterocycles. The van der Waals surface area contributed by atoms with Crippen molar-refractivity contribution in [3.63, 3.8) is 0 Å². The van der Waals surface area contributed by atoms with E-state index in [9.17, 15) is 9.18 Å². The summed E-state index contributed by atoms with van der Waals surface area (Å²) in [6.07, 6.45) is 7.02. The van der Waals surface area contributed by atoms with Gasteiger partial charge in [-0.3, -0.25) is 14.6 Å². The Kier molecular flexibility index (Phi) is 5.65. The van der Waals surface area contributed by atoms with E-state index in [1.165, 1.54) is 17.6 Å². The van der Waals surface area contributed by atoms with Gasteiger partial charge in [-0.2, -0.15) is 9.49 Å². The molecule has 0 spiro atoms. The molecule has 36 heavy (non-hydrogen) atoms. The minimum absolute atomic E-state index is 0.358. The lowest BCUT2D eigenvalue weighted by atomic mass is 9.73. The molecule has 2 aromatic heterocycles. The molecule has 0 unspecified atom stereocenters. The lowest BCUT2D eigenvalue weighted by Gasteiger charge is -2.31. The Morgan fingerprint density at radius 3 is 2.42 bits per heavy atom. The summed E-state index contributed by atoms with van der Waals surface area (Å²) in [5, 5.41) is 10.6. The maximum absolute atomic E-state index is 14.5. The van der Waals surface area contributed by atoms with E-state index in [1.807, 2.05) is 42.5 Å². The summed E-state index contributed by atoms with van der Waals surface area (Å²) in [5.74, 6) is -0.218. The highest BCUT2D eigenvalue weighted by Crippen LogP contribution is 2.45. The summed E-state index contributed by atoms with van der Waals surface area (Å²) >= 11 is 0. The van der Waals surface area contributed by atoms with Gasteiger partial charge in [-0.1, -0.05) is 78.3 Å². The number of H-pyrrole nitrogens is 2. The van der Waals surface area contributed by atoms with Gasteiger partial charge in [0.25, 0.3) is 0 Å². The van der Waals surface area contributed by atoms with Gasteiger partial charge in [0.05, 0.1) is 10.9 Å². The summed E-state index contributed by atoms with van der Waals surface area (Å²) < 4.78 is 19.0. The second kappa shape index (κ2) is 9.26. The second-order valence-electron chi connectivity index (χ2n) is 8.99. The third-order valence-corrected chi connectivity index (χ3v) is 6.75. The van der Waals surface area contributed by atoms with Gasteiger partial charge in [0, 0.05) is 0 Å². The molecule has 0 amide bonds. The van der Waals surface area contributed by atoms with Crippen molar-refractivity contribution in [1.82, 2.24) is 20.3 Å². The number of fused-ring (bicyclic) bond motifs is 1. The molecule has 0 atom stereocenters. The normalized spacial score (nSPS) is 14.8. The number of halogens is 1. The Hall–Kier alpha value is -4.52. The monoisotopic (exact) mass is 478 g/mol. The van der Waals surface area contributed by atoms with E-state index in [0.717, 1.165) is 35.1 Å². The number of nitrogens with one attached hydrogen (secondary N) is 2. The van der Waals surface area contributed by atoms with E-state index >= 15 is 0 Å². The standard InChI is InChI=1S/C29H23FN4O2/c30-28-23-17-22(14-15-24(23)32-33-28)27(26(20-7-4-8-20)19-5-2-1-3-6-19)21-12-9-18(10-13-21)11-16-25-31-29(35)36-34-25/h1-3,5-6,9-17,20H,4,7-8H2,(H,32,33)(H,31,34,35). The van der Waals surface area contributed by atoms with Gasteiger partial charge in [0.15, 0.2) is 5.82 Å². The molecule has 178 valence electrons. The number of benzene rings is 3. The Morgan fingerprint density at radius 2 is 1.72 bits per heavy atom. The Balaban J connectivity index is 1.50. The van der Waals surface area contributed by atoms with Crippen LogP contribution in [0.5, 0.6) is 0 Å². The van der Waals surface area contributed by atoms with Crippen molar-refractivity contribution < 1.29 is 8.91 Å². The number of nitrogens with zero attached hydrogens (tertiary/aromatic N) is 2. The predicted octanol–water partition coefficient (Wildman–Crippen LogP) is 6.31. The smallest absolute Gasteiger partial charge is 0.296 e. The maximum Gasteiger partial charge on any atom is 0.439 e. The van der Waals surface area contributed by atoms with Crippen molar-refractivity contribution in [2.45, 2.75) is 19.3 Å². The van der Waals surface area contributed by atoms with E-state index in [4.69, 9.17) is 0 Å². The highest BCUT2D eigenvalue weighted by molar-refractivity contribution is 6.01. The minimum Gasteiger partial charge on any atom is -0.296 e. The molecule has 1 fully saturated rings. The fourth-order valence-corrected chi connectivity index (χ4v) is 4.76. The minimum atomic E-state index is -0.588. The largest absolute Gasteiger partial charge is 0.439 e. The summed E-state index contributed by atoms with van der Waals surface area (Å²) in [5.41, 5.74) is 7.13. The van der Waals surface area contributed by atoms with Crippen molar-refractivity contribution in [2.75, 3.05) is 0 Å². The number of hydrogen-bond donors (Lipinski definition) is 2. The lowest BCUT2D eigenvalue weighted by Crippen LogP contribution is -2.15. The predicted molar refractivity (Wildman–Crippen MR) is 138 cm³/mol. The zero-order valence-corrected chi connectivity index (χ0v) is 19.4. The molecular formula is C29H23FN4O2. The van der Waals surface area contributed by atoms with Gasteiger partial charge in [-0.15, -0.1) is 0 Å². The number of rotatable bonds is 6. The third kappa shape index (κ3) is 4.20. The fraction of sp³-hybridized carbons (Fsp3) is 0.138. The zero-order valence-electron chi connectivity index (χ0n) is 19.4. The van der Waals surface area contributed by atoms with Crippen LogP contribution in [-0.4, -0.2) is 20.3 Å². The van der Waals surface area contributed by atoms with Crippen LogP contribution >= 0.6 is 0 Å². The van der Waals surface area contributed by atoms with Crippen LogP contribution in [0.15, 0.2) is 82.1 Å². The molecule has 2 heterocycles. The average Bonchev–Trinajstić information content (AvgIpc) is 3.47. The highest BCUT2D eigenvalue weighted by atomic mass is 19.1. The first-order chi connectivity index (χ1) is 17.7. The molecule has 1 saturated carbocycles. The molecule has 5 aromatic rings. The van der Waals surface area contributed by atoms with Crippen LogP contribution in [0, 0.1) is 11.9 Å². The molecule has 0 bridgehead atoms. The average molecular weight is 479 g/mol. The number of aromatic amines is 2. The van der Waals surface area contributed by atoms with Crippen molar-refractivity contribution in [1.29, 1.82) is 0 Å². The summed E-state index contributed by atoms with van der Waals surface area (Å²) in [4.78, 5) is 13.7. The highest BCUT2D eigenvalue weighted by Gasteiger charge is 2.27. The van der Waals surface area contributed by atoms with Crippen LogP contribution in [-0.2, 0) is 0 Å². The molecule has 1 aliphatic rings. The summed E-state index contributed by atoms with van der Waals surface area (Å²) in [6, 6.07) is 24.4. The van der Waals surface area contributed by atoms with Crippen LogP contribution in [0.1, 0.15) is 47.3 Å². The topological polar surface area (TPSA) is 87.6 Å². The molecule has 3 aromatic carbocycles. The van der Waals surface area contributed by atoms with Gasteiger partial charge < -0.3 is 0 Å². The Bertz CT molecular complexity index is 1640. The van der Waals surface area contributed by atoms with Crippen molar-refractivity contribution in [3.05, 3.63) is 117 Å². The van der Waals surface area contributed by atoms with Gasteiger partial charge in [0.1, 0.15) is 0 Å².